The summed E-state index contributed by atoms with van der Waals surface area (Å²) in [5.41, 5.74) is 8.68. The van der Waals surface area contributed by atoms with Crippen LogP contribution in [0.25, 0.3) is 10.2 Å². The average Bonchev–Trinajstić information content (AvgIpc) is 2.66. The third-order valence-corrected chi connectivity index (χ3v) is 4.65. The van der Waals surface area contributed by atoms with E-state index in [1.165, 1.54) is 0 Å². The highest BCUT2D eigenvalue weighted by Crippen LogP contribution is 2.30. The Bertz CT molecular complexity index is 609. The molecule has 104 valence electrons. The van der Waals surface area contributed by atoms with Gasteiger partial charge in [-0.2, -0.15) is 0 Å². The standard InChI is InChI=1S/C13H19N3OS2/c1-8(4-5-19(3)17)15-11-7-12-13(6-10(11)14)18-9(2)16-12/h6-8,15H,4-5,14H2,1-3H3. The molecular formula is C13H19N3OS2. The van der Waals surface area contributed by atoms with Crippen molar-refractivity contribution in [2.75, 3.05) is 23.1 Å². The van der Waals surface area contributed by atoms with Gasteiger partial charge < -0.3 is 11.1 Å². The van der Waals surface area contributed by atoms with Gasteiger partial charge in [0.2, 0.25) is 0 Å². The van der Waals surface area contributed by atoms with Gasteiger partial charge in [0, 0.05) is 28.9 Å². The minimum Gasteiger partial charge on any atom is -0.397 e. The van der Waals surface area contributed by atoms with Crippen molar-refractivity contribution in [3.63, 3.8) is 0 Å². The van der Waals surface area contributed by atoms with Crippen LogP contribution in [-0.2, 0) is 10.8 Å². The number of nitrogens with one attached hydrogen (secondary N) is 1. The summed E-state index contributed by atoms with van der Waals surface area (Å²) in [6.07, 6.45) is 2.59. The molecule has 0 amide bonds. The molecule has 0 spiro atoms. The Morgan fingerprint density at radius 1 is 1.53 bits per heavy atom. The molecule has 0 aliphatic carbocycles. The third-order valence-electron chi connectivity index (χ3n) is 2.91. The zero-order valence-corrected chi connectivity index (χ0v) is 13.0. The molecule has 0 fully saturated rings. The normalized spacial score (nSPS) is 14.5. The maximum atomic E-state index is 11.1. The van der Waals surface area contributed by atoms with Crippen molar-refractivity contribution in [3.05, 3.63) is 17.1 Å². The number of thiazole rings is 1. The highest BCUT2D eigenvalue weighted by Gasteiger charge is 2.09. The quantitative estimate of drug-likeness (QED) is 0.833. The summed E-state index contributed by atoms with van der Waals surface area (Å²) in [7, 11) is -0.750. The van der Waals surface area contributed by atoms with Crippen LogP contribution in [-0.4, -0.2) is 27.2 Å². The van der Waals surface area contributed by atoms with E-state index in [1.807, 2.05) is 19.1 Å². The average molecular weight is 297 g/mol. The van der Waals surface area contributed by atoms with E-state index < -0.39 is 10.8 Å². The van der Waals surface area contributed by atoms with Crippen molar-refractivity contribution in [2.24, 2.45) is 0 Å². The highest BCUT2D eigenvalue weighted by atomic mass is 32.2. The van der Waals surface area contributed by atoms with E-state index in [4.69, 9.17) is 5.73 Å². The number of benzene rings is 1. The van der Waals surface area contributed by atoms with Gasteiger partial charge >= 0.3 is 0 Å². The molecule has 2 unspecified atom stereocenters. The topological polar surface area (TPSA) is 68.0 Å². The van der Waals surface area contributed by atoms with Crippen molar-refractivity contribution < 1.29 is 4.21 Å². The second-order valence-corrected chi connectivity index (χ2v) is 7.54. The molecule has 0 saturated heterocycles. The van der Waals surface area contributed by atoms with E-state index in [2.05, 4.69) is 17.2 Å². The lowest BCUT2D eigenvalue weighted by Gasteiger charge is -2.16. The number of hydrogen-bond acceptors (Lipinski definition) is 5. The second-order valence-electron chi connectivity index (χ2n) is 4.75. The van der Waals surface area contributed by atoms with Crippen LogP contribution in [0.4, 0.5) is 11.4 Å². The van der Waals surface area contributed by atoms with Crippen molar-refractivity contribution in [1.82, 2.24) is 4.98 Å². The number of aryl methyl sites for hydroxylation is 1. The van der Waals surface area contributed by atoms with Crippen LogP contribution >= 0.6 is 11.3 Å². The minimum absolute atomic E-state index is 0.239. The Balaban J connectivity index is 2.15. The first-order valence-corrected chi connectivity index (χ1v) is 8.73. The van der Waals surface area contributed by atoms with Gasteiger partial charge in [-0.1, -0.05) is 0 Å². The zero-order chi connectivity index (χ0) is 14.0. The van der Waals surface area contributed by atoms with E-state index >= 15 is 0 Å². The number of nitrogens with zero attached hydrogens (tertiary/aromatic N) is 1. The lowest BCUT2D eigenvalue weighted by molar-refractivity contribution is 0.678. The molecule has 0 saturated carbocycles. The predicted molar refractivity (Wildman–Crippen MR) is 85.4 cm³/mol. The fraction of sp³-hybridized carbons (Fsp3) is 0.462. The molecule has 6 heteroatoms. The lowest BCUT2D eigenvalue weighted by atomic mass is 10.2. The van der Waals surface area contributed by atoms with Crippen LogP contribution in [0.2, 0.25) is 0 Å². The van der Waals surface area contributed by atoms with Gasteiger partial charge in [-0.25, -0.2) is 4.98 Å². The number of anilines is 2. The van der Waals surface area contributed by atoms with E-state index in [-0.39, 0.29) is 6.04 Å². The first-order valence-electron chi connectivity index (χ1n) is 6.19. The number of aromatic nitrogens is 1. The SMILES string of the molecule is Cc1nc2cc(NC(C)CCS(C)=O)c(N)cc2s1. The highest BCUT2D eigenvalue weighted by molar-refractivity contribution is 7.84. The molecule has 19 heavy (non-hydrogen) atoms. The molecule has 4 nitrogen and oxygen atoms in total. The number of rotatable bonds is 5. The predicted octanol–water partition coefficient (Wildman–Crippen LogP) is 2.76. The van der Waals surface area contributed by atoms with Gasteiger partial charge in [0.25, 0.3) is 0 Å². The number of nitrogen functional groups attached to an aromatic ring is 1. The molecule has 2 rings (SSSR count). The number of hydrogen-bond donors (Lipinski definition) is 2. The Labute approximate surface area is 119 Å². The Kier molecular flexibility index (Phi) is 4.42. The minimum atomic E-state index is -0.750. The molecule has 0 bridgehead atoms. The summed E-state index contributed by atoms with van der Waals surface area (Å²) in [6, 6.07) is 4.20. The van der Waals surface area contributed by atoms with Gasteiger partial charge in [0.15, 0.2) is 0 Å². The largest absolute Gasteiger partial charge is 0.397 e. The maximum Gasteiger partial charge on any atom is 0.0907 e. The van der Waals surface area contributed by atoms with Crippen molar-refractivity contribution in [3.8, 4) is 0 Å². The lowest BCUT2D eigenvalue weighted by Crippen LogP contribution is -2.18. The molecule has 3 N–H and O–H groups in total. The fourth-order valence-corrected chi connectivity index (χ4v) is 3.45. The summed E-state index contributed by atoms with van der Waals surface area (Å²) < 4.78 is 12.2. The van der Waals surface area contributed by atoms with E-state index in [1.54, 1.807) is 17.6 Å². The van der Waals surface area contributed by atoms with Crippen LogP contribution in [0.5, 0.6) is 0 Å². The van der Waals surface area contributed by atoms with E-state index in [0.29, 0.717) is 5.75 Å². The molecule has 2 atom stereocenters. The maximum absolute atomic E-state index is 11.1. The summed E-state index contributed by atoms with van der Waals surface area (Å²) in [4.78, 5) is 4.47. The van der Waals surface area contributed by atoms with Crippen LogP contribution in [0.1, 0.15) is 18.4 Å². The molecule has 1 aromatic carbocycles. The summed E-state index contributed by atoms with van der Waals surface area (Å²) in [5, 5.41) is 4.41. The van der Waals surface area contributed by atoms with Crippen LogP contribution in [0.3, 0.4) is 0 Å². The monoisotopic (exact) mass is 297 g/mol. The molecule has 1 aromatic heterocycles. The molecular weight excluding hydrogens is 278 g/mol. The second kappa shape index (κ2) is 5.88. The molecule has 0 aliphatic rings. The van der Waals surface area contributed by atoms with Gasteiger partial charge in [-0.15, -0.1) is 11.3 Å². The third kappa shape index (κ3) is 3.67. The Morgan fingerprint density at radius 2 is 2.26 bits per heavy atom. The van der Waals surface area contributed by atoms with Gasteiger partial charge in [0.05, 0.1) is 26.6 Å². The van der Waals surface area contributed by atoms with Gasteiger partial charge in [-0.3, -0.25) is 4.21 Å². The fourth-order valence-electron chi connectivity index (χ4n) is 1.91. The van der Waals surface area contributed by atoms with Gasteiger partial charge in [-0.05, 0) is 32.4 Å². The summed E-state index contributed by atoms with van der Waals surface area (Å²) in [5.74, 6) is 0.701. The van der Waals surface area contributed by atoms with Gasteiger partial charge in [0.1, 0.15) is 0 Å². The van der Waals surface area contributed by atoms with E-state index in [0.717, 1.165) is 33.0 Å². The zero-order valence-electron chi connectivity index (χ0n) is 11.4. The van der Waals surface area contributed by atoms with Crippen molar-refractivity contribution in [1.29, 1.82) is 0 Å². The number of fused-ring (bicyclic) bond motifs is 1. The Hall–Kier alpha value is -1.14. The van der Waals surface area contributed by atoms with Crippen LogP contribution in [0.15, 0.2) is 12.1 Å². The van der Waals surface area contributed by atoms with E-state index in [9.17, 15) is 4.21 Å². The molecule has 0 radical (unpaired) electrons. The number of nitrogens with two attached hydrogens (primary N) is 1. The van der Waals surface area contributed by atoms with Crippen molar-refractivity contribution in [2.45, 2.75) is 26.3 Å². The molecule has 0 aliphatic heterocycles. The molecule has 1 heterocycles. The van der Waals surface area contributed by atoms with Crippen molar-refractivity contribution >= 4 is 43.7 Å². The van der Waals surface area contributed by atoms with Crippen LogP contribution in [0, 0.1) is 6.92 Å². The first-order chi connectivity index (χ1) is 8.95. The molecule has 2 aromatic rings. The summed E-state index contributed by atoms with van der Waals surface area (Å²) >= 11 is 1.65. The smallest absolute Gasteiger partial charge is 0.0907 e. The Morgan fingerprint density at radius 3 is 2.95 bits per heavy atom. The summed E-state index contributed by atoms with van der Waals surface area (Å²) in [6.45, 7) is 4.07. The van der Waals surface area contributed by atoms with Crippen LogP contribution < -0.4 is 11.1 Å². The first kappa shape index (κ1) is 14.3.